The van der Waals surface area contributed by atoms with Gasteiger partial charge in [0.25, 0.3) is 0 Å². The molecule has 0 aromatic carbocycles. The summed E-state index contributed by atoms with van der Waals surface area (Å²) in [5.41, 5.74) is -0.608. The summed E-state index contributed by atoms with van der Waals surface area (Å²) in [5, 5.41) is 17.9. The molecule has 14 heavy (non-hydrogen) atoms. The second-order valence-electron chi connectivity index (χ2n) is 5.29. The van der Waals surface area contributed by atoms with Crippen LogP contribution in [0, 0.1) is 17.8 Å². The summed E-state index contributed by atoms with van der Waals surface area (Å²) in [6, 6.07) is 0. The lowest BCUT2D eigenvalue weighted by atomic mass is 9.53. The van der Waals surface area contributed by atoms with Gasteiger partial charge in [-0.2, -0.15) is 0 Å². The van der Waals surface area contributed by atoms with Gasteiger partial charge in [-0.15, -0.1) is 0 Å². The molecule has 4 fully saturated rings. The van der Waals surface area contributed by atoms with E-state index in [1.165, 1.54) is 6.42 Å². The quantitative estimate of drug-likeness (QED) is 0.528. The van der Waals surface area contributed by atoms with Crippen LogP contribution in [-0.4, -0.2) is 22.2 Å². The minimum atomic E-state index is -0.608. The normalized spacial score (nSPS) is 55.3. The van der Waals surface area contributed by atoms with E-state index in [-0.39, 0.29) is 6.10 Å². The summed E-state index contributed by atoms with van der Waals surface area (Å²) in [6.45, 7) is 0. The molecule has 3 unspecified atom stereocenters. The smallest absolute Gasteiger partial charge is 0.133 e. The molecule has 0 aromatic heterocycles. The van der Waals surface area contributed by atoms with E-state index in [1.54, 1.807) is 0 Å². The highest BCUT2D eigenvalue weighted by molar-refractivity contribution is 5.08. The van der Waals surface area contributed by atoms with E-state index >= 15 is 0 Å². The van der Waals surface area contributed by atoms with Gasteiger partial charge in [0.1, 0.15) is 11.7 Å². The van der Waals surface area contributed by atoms with Crippen molar-refractivity contribution < 1.29 is 20.3 Å². The van der Waals surface area contributed by atoms with Gasteiger partial charge in [0.15, 0.2) is 0 Å². The van der Waals surface area contributed by atoms with Gasteiger partial charge in [0, 0.05) is 0 Å². The van der Waals surface area contributed by atoms with Crippen molar-refractivity contribution in [2.24, 2.45) is 17.8 Å². The lowest BCUT2D eigenvalue weighted by molar-refractivity contribution is -0.428. The van der Waals surface area contributed by atoms with Crippen LogP contribution in [0.4, 0.5) is 0 Å². The molecule has 0 radical (unpaired) electrons. The minimum Gasteiger partial charge on any atom is -0.251 e. The molecular formula is C10H16O4. The van der Waals surface area contributed by atoms with E-state index < -0.39 is 5.60 Å². The van der Waals surface area contributed by atoms with Crippen LogP contribution in [-0.2, 0) is 9.78 Å². The first-order valence-electron chi connectivity index (χ1n) is 5.40. The highest BCUT2D eigenvalue weighted by Crippen LogP contribution is 2.57. The Morgan fingerprint density at radius 2 is 1.64 bits per heavy atom. The van der Waals surface area contributed by atoms with Crippen molar-refractivity contribution in [2.45, 2.75) is 43.8 Å². The lowest BCUT2D eigenvalue weighted by Crippen LogP contribution is -2.62. The van der Waals surface area contributed by atoms with Gasteiger partial charge in [0.05, 0.1) is 0 Å². The van der Waals surface area contributed by atoms with Crippen molar-refractivity contribution in [1.82, 2.24) is 0 Å². The molecule has 4 rings (SSSR count). The average molecular weight is 200 g/mol. The molecule has 3 atom stereocenters. The predicted octanol–water partition coefficient (Wildman–Crippen LogP) is 1.91. The van der Waals surface area contributed by atoms with E-state index in [2.05, 4.69) is 9.78 Å². The maximum absolute atomic E-state index is 9.04. The zero-order chi connectivity index (χ0) is 9.76. The Labute approximate surface area is 82.7 Å². The van der Waals surface area contributed by atoms with Crippen molar-refractivity contribution >= 4 is 0 Å². The molecule has 4 saturated carbocycles. The molecule has 0 amide bonds. The predicted molar refractivity (Wildman–Crippen MR) is 47.5 cm³/mol. The van der Waals surface area contributed by atoms with E-state index in [0.717, 1.165) is 25.7 Å². The van der Waals surface area contributed by atoms with Crippen LogP contribution >= 0.6 is 0 Å². The van der Waals surface area contributed by atoms with Crippen molar-refractivity contribution in [2.75, 3.05) is 0 Å². The Bertz CT molecular complexity index is 228. The second kappa shape index (κ2) is 2.92. The zero-order valence-corrected chi connectivity index (χ0v) is 8.06. The van der Waals surface area contributed by atoms with Gasteiger partial charge >= 0.3 is 0 Å². The molecule has 4 nitrogen and oxygen atoms in total. The Morgan fingerprint density at radius 1 is 1.00 bits per heavy atom. The lowest BCUT2D eigenvalue weighted by Gasteiger charge is -2.57. The fraction of sp³-hybridized carbons (Fsp3) is 1.00. The van der Waals surface area contributed by atoms with Gasteiger partial charge in [-0.3, -0.25) is 10.5 Å². The van der Waals surface area contributed by atoms with Crippen LogP contribution in [0.1, 0.15) is 32.1 Å². The fourth-order valence-electron chi connectivity index (χ4n) is 4.23. The van der Waals surface area contributed by atoms with Crippen molar-refractivity contribution in [3.63, 3.8) is 0 Å². The number of hydrogen-bond donors (Lipinski definition) is 2. The topological polar surface area (TPSA) is 58.9 Å². The van der Waals surface area contributed by atoms with E-state index in [1.807, 2.05) is 0 Å². The Morgan fingerprint density at radius 3 is 2.14 bits per heavy atom. The van der Waals surface area contributed by atoms with Crippen molar-refractivity contribution in [1.29, 1.82) is 0 Å². The molecular weight excluding hydrogens is 184 g/mol. The van der Waals surface area contributed by atoms with Gasteiger partial charge < -0.3 is 0 Å². The van der Waals surface area contributed by atoms with Crippen LogP contribution < -0.4 is 0 Å². The van der Waals surface area contributed by atoms with Gasteiger partial charge in [0.2, 0.25) is 0 Å². The molecule has 0 spiro atoms. The summed E-state index contributed by atoms with van der Waals surface area (Å²) < 4.78 is 0. The highest BCUT2D eigenvalue weighted by Gasteiger charge is 2.59. The highest BCUT2D eigenvalue weighted by atomic mass is 17.1. The number of rotatable bonds is 2. The monoisotopic (exact) mass is 200 g/mol. The summed E-state index contributed by atoms with van der Waals surface area (Å²) in [6.07, 6.45) is 4.85. The second-order valence-corrected chi connectivity index (χ2v) is 5.29. The third-order valence-electron chi connectivity index (χ3n) is 4.45. The molecule has 0 heterocycles. The maximum Gasteiger partial charge on any atom is 0.133 e. The molecule has 4 bridgehead atoms. The molecule has 0 aliphatic heterocycles. The zero-order valence-electron chi connectivity index (χ0n) is 8.06. The minimum absolute atomic E-state index is 0.319. The first-order chi connectivity index (χ1) is 6.77. The van der Waals surface area contributed by atoms with Crippen molar-refractivity contribution in [3.05, 3.63) is 0 Å². The van der Waals surface area contributed by atoms with E-state index in [4.69, 9.17) is 10.5 Å². The molecule has 2 N–H and O–H groups in total. The molecule has 4 aliphatic carbocycles. The summed E-state index contributed by atoms with van der Waals surface area (Å²) in [5.74, 6) is 1.69. The number of hydrogen-bond acceptors (Lipinski definition) is 4. The van der Waals surface area contributed by atoms with Crippen LogP contribution in [0.25, 0.3) is 0 Å². The summed E-state index contributed by atoms with van der Waals surface area (Å²) in [4.78, 5) is 9.21. The van der Waals surface area contributed by atoms with Crippen molar-refractivity contribution in [3.8, 4) is 0 Å². The van der Waals surface area contributed by atoms with E-state index in [0.29, 0.717) is 17.8 Å². The van der Waals surface area contributed by atoms with Gasteiger partial charge in [-0.05, 0) is 49.9 Å². The first kappa shape index (κ1) is 9.09. The maximum atomic E-state index is 9.04. The van der Waals surface area contributed by atoms with Gasteiger partial charge in [-0.1, -0.05) is 0 Å². The Hall–Kier alpha value is -0.160. The third-order valence-corrected chi connectivity index (χ3v) is 4.45. The fourth-order valence-corrected chi connectivity index (χ4v) is 4.23. The molecule has 4 aliphatic rings. The van der Waals surface area contributed by atoms with Crippen LogP contribution in [0.3, 0.4) is 0 Å². The summed E-state index contributed by atoms with van der Waals surface area (Å²) >= 11 is 0. The van der Waals surface area contributed by atoms with Crippen LogP contribution in [0.2, 0.25) is 0 Å². The molecule has 0 saturated heterocycles. The first-order valence-corrected chi connectivity index (χ1v) is 5.40. The van der Waals surface area contributed by atoms with Crippen LogP contribution in [0.5, 0.6) is 0 Å². The van der Waals surface area contributed by atoms with Gasteiger partial charge in [-0.25, -0.2) is 9.78 Å². The third kappa shape index (κ3) is 1.03. The Kier molecular flexibility index (Phi) is 1.89. The largest absolute Gasteiger partial charge is 0.251 e. The average Bonchev–Trinajstić information content (AvgIpc) is 2.16. The Balaban J connectivity index is 1.94. The standard InChI is InChI=1S/C10H16O4/c11-13-9-8-2-6-1-7(3-8)5-10(9,4-6)14-12/h6-9,11-12H,1-5H2. The summed E-state index contributed by atoms with van der Waals surface area (Å²) in [7, 11) is 0. The SMILES string of the molecule is OOC1C2CC3CC(C2)CC1(OO)C3. The molecule has 80 valence electrons. The van der Waals surface area contributed by atoms with Crippen LogP contribution in [0.15, 0.2) is 0 Å². The van der Waals surface area contributed by atoms with E-state index in [9.17, 15) is 0 Å². The molecule has 4 heteroatoms. The molecule has 0 aromatic rings.